The Morgan fingerprint density at radius 2 is 1.58 bits per heavy atom. The molecule has 2 fully saturated rings. The number of fused-ring (bicyclic) bond motifs is 1. The number of aliphatic carboxylic acids is 1. The van der Waals surface area contributed by atoms with Gasteiger partial charge in [0.2, 0.25) is 11.5 Å². The first kappa shape index (κ1) is 37.4. The molecule has 1 unspecified atom stereocenters. The molecule has 7 rings (SSSR count). The van der Waals surface area contributed by atoms with Crippen LogP contribution in [0.4, 0.5) is 24.1 Å². The minimum absolute atomic E-state index is 0.0309. The van der Waals surface area contributed by atoms with Crippen LogP contribution in [0.2, 0.25) is 0 Å². The number of nitrogen functional groups attached to an aromatic ring is 1. The Morgan fingerprint density at radius 1 is 1.00 bits per heavy atom. The van der Waals surface area contributed by atoms with Crippen molar-refractivity contribution in [2.45, 2.75) is 36.0 Å². The second kappa shape index (κ2) is 15.4. The summed E-state index contributed by atoms with van der Waals surface area (Å²) in [5.41, 5.74) is 4.43. The molecule has 55 heavy (non-hydrogen) atoms. The molecule has 4 aromatic rings. The van der Waals surface area contributed by atoms with Crippen LogP contribution in [0.25, 0.3) is 0 Å². The van der Waals surface area contributed by atoms with Gasteiger partial charge in [-0.05, 0) is 6.42 Å². The van der Waals surface area contributed by atoms with E-state index in [9.17, 15) is 33.1 Å². The van der Waals surface area contributed by atoms with Crippen LogP contribution in [-0.2, 0) is 29.6 Å². The number of benzene rings is 3. The summed E-state index contributed by atoms with van der Waals surface area (Å²) in [6, 6.07) is 26.4. The lowest BCUT2D eigenvalue weighted by Gasteiger charge is -2.52. The molecule has 17 heteroatoms. The largest absolute Gasteiger partial charge is 0.477 e. The van der Waals surface area contributed by atoms with Crippen molar-refractivity contribution >= 4 is 64.0 Å². The van der Waals surface area contributed by atoms with Gasteiger partial charge < -0.3 is 21.0 Å². The maximum absolute atomic E-state index is 15.2. The van der Waals surface area contributed by atoms with E-state index < -0.39 is 70.1 Å². The normalized spacial score (nSPS) is 19.9. The highest BCUT2D eigenvalue weighted by Crippen LogP contribution is 2.47. The van der Waals surface area contributed by atoms with Gasteiger partial charge in [-0.2, -0.15) is 0 Å². The number of carboxylic acids is 1. The van der Waals surface area contributed by atoms with Crippen LogP contribution in [0.1, 0.15) is 23.1 Å². The molecule has 3 amide bonds. The fourth-order valence-electron chi connectivity index (χ4n) is 7.00. The third-order valence-electron chi connectivity index (χ3n) is 9.39. The zero-order valence-electron chi connectivity index (χ0n) is 28.6. The number of nitrogens with zero attached hydrogens (tertiary/aromatic N) is 4. The van der Waals surface area contributed by atoms with Crippen LogP contribution in [0.3, 0.4) is 0 Å². The number of hydrogen-bond donors (Lipinski definition) is 3. The molecule has 0 spiro atoms. The number of carbonyl (C=O) groups excluding carboxylic acids is 3. The summed E-state index contributed by atoms with van der Waals surface area (Å²) in [5, 5.41) is 17.4. The third kappa shape index (κ3) is 6.73. The van der Waals surface area contributed by atoms with Gasteiger partial charge in [-0.1, -0.05) is 96.2 Å². The number of thiazole rings is 1. The Balaban J connectivity index is 1.26. The van der Waals surface area contributed by atoms with Crippen molar-refractivity contribution in [1.29, 1.82) is 0 Å². The molecule has 0 bridgehead atoms. The van der Waals surface area contributed by atoms with Gasteiger partial charge in [0.25, 0.3) is 18.2 Å². The van der Waals surface area contributed by atoms with Crippen molar-refractivity contribution in [1.82, 2.24) is 15.2 Å². The quantitative estimate of drug-likeness (QED) is 0.0583. The number of rotatable bonds is 12. The van der Waals surface area contributed by atoms with Gasteiger partial charge in [0.15, 0.2) is 11.3 Å². The smallest absolute Gasteiger partial charge is 0.352 e. The van der Waals surface area contributed by atoms with Crippen LogP contribution in [0.15, 0.2) is 124 Å². The number of carbonyl (C=O) groups is 4. The van der Waals surface area contributed by atoms with Gasteiger partial charge in [0.05, 0.1) is 0 Å². The minimum atomic E-state index is -3.57. The van der Waals surface area contributed by atoms with Crippen LogP contribution >= 0.6 is 23.1 Å². The highest BCUT2D eigenvalue weighted by molar-refractivity contribution is 8.00. The molecule has 0 radical (unpaired) electrons. The molecular weight excluding hydrogens is 758 g/mol. The van der Waals surface area contributed by atoms with Crippen molar-refractivity contribution in [3.63, 3.8) is 0 Å². The number of alkyl halides is 3. The van der Waals surface area contributed by atoms with E-state index in [0.717, 1.165) is 39.1 Å². The second-order valence-electron chi connectivity index (χ2n) is 12.5. The molecule has 3 aliphatic heterocycles. The summed E-state index contributed by atoms with van der Waals surface area (Å²) in [7, 11) is 0. The van der Waals surface area contributed by atoms with E-state index in [1.54, 1.807) is 0 Å². The molecule has 4 N–H and O–H groups in total. The van der Waals surface area contributed by atoms with E-state index in [-0.39, 0.29) is 35.2 Å². The van der Waals surface area contributed by atoms with E-state index in [4.69, 9.17) is 10.6 Å². The SMILES string of the molecule is Nc1nc(N(C(=O)C=NOC(c2ccccc2)(c2ccccc2)c2ccccc2)[C@@H]2C(=O)N3C(C(=O)O)=C(C(=C4CCNC4=O)C(F)C(F)F)CS[C@H]23)cs1. The monoisotopic (exact) mass is 788 g/mol. The number of allylic oxidation sites excluding steroid dienone is 1. The summed E-state index contributed by atoms with van der Waals surface area (Å²) in [6.07, 6.45) is -5.80. The lowest BCUT2D eigenvalue weighted by atomic mass is 9.80. The van der Waals surface area contributed by atoms with Crippen LogP contribution < -0.4 is 16.0 Å². The molecular formula is C38H31F3N6O6S2. The molecule has 2 saturated heterocycles. The van der Waals surface area contributed by atoms with E-state index >= 15 is 4.39 Å². The van der Waals surface area contributed by atoms with Gasteiger partial charge in [0, 0.05) is 51.1 Å². The topological polar surface area (TPSA) is 168 Å². The van der Waals surface area contributed by atoms with Crippen LogP contribution in [0, 0.1) is 0 Å². The van der Waals surface area contributed by atoms with Crippen LogP contribution in [0.5, 0.6) is 0 Å². The first-order valence-corrected chi connectivity index (χ1v) is 18.7. The van der Waals surface area contributed by atoms with E-state index in [0.29, 0.717) is 16.7 Å². The van der Waals surface area contributed by atoms with Gasteiger partial charge in [-0.25, -0.2) is 22.9 Å². The summed E-state index contributed by atoms with van der Waals surface area (Å²) < 4.78 is 42.9. The average molecular weight is 789 g/mol. The summed E-state index contributed by atoms with van der Waals surface area (Å²) in [5.74, 6) is -4.68. The fourth-order valence-corrected chi connectivity index (χ4v) is 8.95. The van der Waals surface area contributed by atoms with Gasteiger partial charge in [-0.15, -0.1) is 23.1 Å². The Bertz CT molecular complexity index is 2120. The van der Waals surface area contributed by atoms with E-state index in [2.05, 4.69) is 15.5 Å². The number of oxime groups is 1. The predicted molar refractivity (Wildman–Crippen MR) is 200 cm³/mol. The molecule has 3 aliphatic rings. The Labute approximate surface area is 320 Å². The first-order chi connectivity index (χ1) is 26.5. The Kier molecular flexibility index (Phi) is 10.5. The summed E-state index contributed by atoms with van der Waals surface area (Å²) in [6.45, 7) is 0.0477. The molecule has 0 saturated carbocycles. The van der Waals surface area contributed by atoms with E-state index in [1.807, 2.05) is 91.0 Å². The lowest BCUT2D eigenvalue weighted by molar-refractivity contribution is -0.148. The minimum Gasteiger partial charge on any atom is -0.477 e. The van der Waals surface area contributed by atoms with Gasteiger partial charge >= 0.3 is 5.97 Å². The average Bonchev–Trinajstić information content (AvgIpc) is 3.83. The molecule has 3 atom stereocenters. The second-order valence-corrected chi connectivity index (χ2v) is 14.5. The standard InChI is InChI=1S/C38H31F3N6O6S2/c39-29(32(40)41)28(24-16-17-43-33(24)49)25-19-54-35-31(34(50)47(35)30(25)36(51)52)46(26-20-55-37(42)45-26)27(48)18-44-53-38(21-10-4-1-5-11-21,22-12-6-2-7-13-22)23-14-8-3-9-15-23/h1-15,18,20,29,31-32,35H,16-17,19H2,(H2,42,45)(H,43,49)(H,51,52)/t29?,31-,35-/m1/s1. The molecule has 282 valence electrons. The predicted octanol–water partition coefficient (Wildman–Crippen LogP) is 5.09. The van der Waals surface area contributed by atoms with Gasteiger partial charge in [0.1, 0.15) is 29.1 Å². The number of hydrogen-bond acceptors (Lipinski definition) is 10. The van der Waals surface area contributed by atoms with Gasteiger partial charge in [-0.3, -0.25) is 24.2 Å². The third-order valence-corrected chi connectivity index (χ3v) is 11.3. The summed E-state index contributed by atoms with van der Waals surface area (Å²) in [4.78, 5) is 65.9. The molecule has 12 nitrogen and oxygen atoms in total. The number of amides is 3. The van der Waals surface area contributed by atoms with E-state index in [1.165, 1.54) is 5.38 Å². The molecule has 3 aromatic carbocycles. The fraction of sp³-hybridized carbons (Fsp3) is 0.211. The van der Waals surface area contributed by atoms with Crippen molar-refractivity contribution in [2.24, 2.45) is 5.16 Å². The number of nitrogens with two attached hydrogens (primary N) is 1. The number of β-lactam (4-membered cyclic amide) rings is 1. The van der Waals surface area contributed by atoms with Crippen molar-refractivity contribution < 1.29 is 42.3 Å². The molecule has 1 aromatic heterocycles. The maximum Gasteiger partial charge on any atom is 0.352 e. The van der Waals surface area contributed by atoms with Crippen molar-refractivity contribution in [3.8, 4) is 0 Å². The molecule has 0 aliphatic carbocycles. The number of halogens is 3. The number of anilines is 2. The number of carboxylic acid groups (broad SMARTS) is 1. The summed E-state index contributed by atoms with van der Waals surface area (Å²) >= 11 is 1.91. The van der Waals surface area contributed by atoms with Crippen molar-refractivity contribution in [3.05, 3.63) is 135 Å². The highest BCUT2D eigenvalue weighted by atomic mass is 32.2. The zero-order valence-corrected chi connectivity index (χ0v) is 30.2. The zero-order chi connectivity index (χ0) is 38.9. The lowest BCUT2D eigenvalue weighted by Crippen LogP contribution is -2.72. The first-order valence-electron chi connectivity index (χ1n) is 16.8. The Morgan fingerprint density at radius 3 is 2.05 bits per heavy atom. The number of nitrogens with one attached hydrogen (secondary N) is 1. The Hall–Kier alpha value is -5.94. The number of thioether (sulfide) groups is 1. The number of aromatic nitrogens is 1. The maximum atomic E-state index is 15.2. The highest BCUT2D eigenvalue weighted by Gasteiger charge is 2.58. The molecule has 4 heterocycles. The van der Waals surface area contributed by atoms with Crippen molar-refractivity contribution in [2.75, 3.05) is 22.9 Å². The van der Waals surface area contributed by atoms with Crippen LogP contribution in [-0.4, -0.2) is 81.2 Å².